The minimum Gasteiger partial charge on any atom is -0.759 e. The van der Waals surface area contributed by atoms with Crippen molar-refractivity contribution in [1.82, 2.24) is 0 Å². The van der Waals surface area contributed by atoms with E-state index in [-0.39, 0.29) is 38.6 Å². The lowest BCUT2D eigenvalue weighted by molar-refractivity contribution is -0.907. The fourth-order valence-corrected chi connectivity index (χ4v) is 1.38. The second kappa shape index (κ2) is 15.9. The van der Waals surface area contributed by atoms with Crippen LogP contribution in [0.4, 0.5) is 0 Å². The van der Waals surface area contributed by atoms with Crippen LogP contribution in [0.15, 0.2) is 24.3 Å². The highest BCUT2D eigenvalue weighted by molar-refractivity contribution is 7.79. The average molecular weight is 473 g/mol. The number of aliphatic hydroxyl groups is 2. The van der Waals surface area contributed by atoms with Gasteiger partial charge in [0.2, 0.25) is 13.5 Å². The molecule has 184 valence electrons. The largest absolute Gasteiger partial charge is 0.759 e. The van der Waals surface area contributed by atoms with Crippen LogP contribution < -0.4 is 0 Å². The molecule has 0 aliphatic heterocycles. The smallest absolute Gasteiger partial charge is 0.337 e. The molecule has 0 fully saturated rings. The molecular weight excluding hydrogens is 436 g/mol. The van der Waals surface area contributed by atoms with Gasteiger partial charge in [0.05, 0.1) is 41.4 Å². The van der Waals surface area contributed by atoms with Crippen LogP contribution in [0, 0.1) is 0 Å². The van der Waals surface area contributed by atoms with Gasteiger partial charge < -0.3 is 28.8 Å². The summed E-state index contributed by atoms with van der Waals surface area (Å²) in [5.74, 6) is -0.770. The maximum absolute atomic E-state index is 11.0. The fraction of sp³-hybridized carbons (Fsp3) is 0.667. The Balaban J connectivity index is -0.000000416. The summed E-state index contributed by atoms with van der Waals surface area (Å²) in [7, 11) is 2.34. The van der Waals surface area contributed by atoms with E-state index >= 15 is 0 Å². The first kappa shape index (κ1) is 33.8. The summed E-state index contributed by atoms with van der Waals surface area (Å²) in [6, 6.07) is 0. The maximum atomic E-state index is 11.0. The quantitative estimate of drug-likeness (QED) is 0.0994. The van der Waals surface area contributed by atoms with Crippen LogP contribution in [-0.2, 0) is 29.5 Å². The Kier molecular flexibility index (Phi) is 17.3. The van der Waals surface area contributed by atoms with E-state index in [4.69, 9.17) is 37.2 Å². The highest BCUT2D eigenvalue weighted by atomic mass is 32.3. The standard InChI is InChI=1S/2C9H18NO3.H2O4S/c2*1-8(2)9(12)13-7-10(3,4)5-6-11;1-5(2,3)4/h2*11H,1,5-7H2,2-4H3;(H2,1,2,3,4)/q2*+1;/p-2. The monoisotopic (exact) mass is 472 g/mol. The zero-order valence-corrected chi connectivity index (χ0v) is 19.9. The molecule has 0 unspecified atom stereocenters. The van der Waals surface area contributed by atoms with Crippen molar-refractivity contribution >= 4 is 22.3 Å². The van der Waals surface area contributed by atoms with Crippen molar-refractivity contribution in [2.75, 3.05) is 68.0 Å². The number of carbonyl (C=O) groups excluding carboxylic acids is 2. The van der Waals surface area contributed by atoms with E-state index in [1.807, 2.05) is 28.2 Å². The maximum Gasteiger partial charge on any atom is 0.337 e. The summed E-state index contributed by atoms with van der Waals surface area (Å²) in [6.45, 7) is 11.9. The van der Waals surface area contributed by atoms with Crippen molar-refractivity contribution in [2.24, 2.45) is 0 Å². The van der Waals surface area contributed by atoms with Crippen molar-refractivity contribution in [3.05, 3.63) is 24.3 Å². The van der Waals surface area contributed by atoms with Gasteiger partial charge in [-0.3, -0.25) is 17.4 Å². The van der Waals surface area contributed by atoms with Gasteiger partial charge in [-0.05, 0) is 13.8 Å². The molecule has 0 aromatic rings. The van der Waals surface area contributed by atoms with Gasteiger partial charge in [0.15, 0.2) is 0 Å². The van der Waals surface area contributed by atoms with Gasteiger partial charge in [-0.1, -0.05) is 13.2 Å². The zero-order chi connectivity index (χ0) is 25.5. The van der Waals surface area contributed by atoms with Gasteiger partial charge >= 0.3 is 11.9 Å². The number of esters is 2. The molecule has 0 amide bonds. The first-order valence-corrected chi connectivity index (χ1v) is 10.3. The normalized spacial score (nSPS) is 11.2. The van der Waals surface area contributed by atoms with Gasteiger partial charge in [-0.25, -0.2) is 9.59 Å². The Labute approximate surface area is 184 Å². The summed E-state index contributed by atoms with van der Waals surface area (Å²) < 4.78 is 44.9. The van der Waals surface area contributed by atoms with Crippen LogP contribution in [0.5, 0.6) is 0 Å². The van der Waals surface area contributed by atoms with E-state index < -0.39 is 10.4 Å². The number of hydrogen-bond acceptors (Lipinski definition) is 10. The molecule has 0 atom stereocenters. The van der Waals surface area contributed by atoms with Crippen molar-refractivity contribution in [2.45, 2.75) is 13.8 Å². The van der Waals surface area contributed by atoms with Crippen LogP contribution in [0.1, 0.15) is 13.8 Å². The van der Waals surface area contributed by atoms with E-state index in [0.717, 1.165) is 0 Å². The predicted molar refractivity (Wildman–Crippen MR) is 110 cm³/mol. The van der Waals surface area contributed by atoms with E-state index in [1.165, 1.54) is 0 Å². The number of likely N-dealkylation sites (N-methyl/N-ethyl adjacent to an activating group) is 2. The Hall–Kier alpha value is -1.87. The molecule has 0 aromatic carbocycles. The third-order valence-electron chi connectivity index (χ3n) is 3.20. The van der Waals surface area contributed by atoms with Crippen molar-refractivity contribution in [3.63, 3.8) is 0 Å². The number of quaternary nitrogens is 2. The molecule has 13 heteroatoms. The predicted octanol–water partition coefficient (Wildman–Crippen LogP) is -1.07. The molecule has 0 aliphatic carbocycles. The topological polar surface area (TPSA) is 173 Å². The minimum atomic E-state index is -5.17. The highest BCUT2D eigenvalue weighted by Crippen LogP contribution is 2.00. The zero-order valence-electron chi connectivity index (χ0n) is 19.1. The van der Waals surface area contributed by atoms with Crippen LogP contribution in [0.3, 0.4) is 0 Å². The van der Waals surface area contributed by atoms with Crippen molar-refractivity contribution in [1.29, 1.82) is 0 Å². The summed E-state index contributed by atoms with van der Waals surface area (Å²) in [5, 5.41) is 17.4. The minimum absolute atomic E-state index is 0.0810. The molecule has 0 saturated heterocycles. The molecule has 12 nitrogen and oxygen atoms in total. The first-order chi connectivity index (χ1) is 13.8. The van der Waals surface area contributed by atoms with E-state index in [0.29, 0.717) is 33.2 Å². The van der Waals surface area contributed by atoms with E-state index in [9.17, 15) is 9.59 Å². The SMILES string of the molecule is C=C(C)C(=O)OC[N+](C)(C)CCO.C=C(C)C(=O)OC[N+](C)(C)CCO.O=S(=O)([O-])[O-]. The van der Waals surface area contributed by atoms with Crippen LogP contribution in [-0.4, -0.2) is 117 Å². The lowest BCUT2D eigenvalue weighted by Crippen LogP contribution is -2.44. The summed E-state index contributed by atoms with van der Waals surface area (Å²) in [6.07, 6.45) is 0. The van der Waals surface area contributed by atoms with Crippen molar-refractivity contribution < 1.29 is 55.8 Å². The number of hydrogen-bond donors (Lipinski definition) is 2. The van der Waals surface area contributed by atoms with Crippen LogP contribution in [0.2, 0.25) is 0 Å². The molecule has 0 aliphatic rings. The fourth-order valence-electron chi connectivity index (χ4n) is 1.38. The number of nitrogens with zero attached hydrogens (tertiary/aromatic N) is 2. The van der Waals surface area contributed by atoms with Gasteiger partial charge in [-0.15, -0.1) is 0 Å². The molecule has 0 heterocycles. The van der Waals surface area contributed by atoms with Crippen molar-refractivity contribution in [3.8, 4) is 0 Å². The molecule has 31 heavy (non-hydrogen) atoms. The van der Waals surface area contributed by atoms with E-state index in [1.54, 1.807) is 13.8 Å². The lowest BCUT2D eigenvalue weighted by atomic mass is 10.4. The molecular formula is C18H36N2O10S. The van der Waals surface area contributed by atoms with Crippen LogP contribution >= 0.6 is 0 Å². The van der Waals surface area contributed by atoms with E-state index in [2.05, 4.69) is 13.2 Å². The Morgan fingerprint density at radius 3 is 1.19 bits per heavy atom. The molecule has 0 aromatic heterocycles. The third-order valence-corrected chi connectivity index (χ3v) is 3.20. The van der Waals surface area contributed by atoms with Gasteiger partial charge in [0.25, 0.3) is 0 Å². The second-order valence-corrected chi connectivity index (χ2v) is 8.67. The summed E-state index contributed by atoms with van der Waals surface area (Å²) >= 11 is 0. The second-order valence-electron chi connectivity index (χ2n) is 7.86. The molecule has 0 radical (unpaired) electrons. The molecule has 0 rings (SSSR count). The molecule has 0 bridgehead atoms. The average Bonchev–Trinajstić information content (AvgIpc) is 2.56. The van der Waals surface area contributed by atoms with Crippen LogP contribution in [0.25, 0.3) is 0 Å². The summed E-state index contributed by atoms with van der Waals surface area (Å²) in [4.78, 5) is 22.0. The Bertz CT molecular complexity index is 635. The summed E-state index contributed by atoms with van der Waals surface area (Å²) in [5.41, 5.74) is 0.785. The number of aliphatic hydroxyl groups excluding tert-OH is 2. The third kappa shape index (κ3) is 28.1. The molecule has 0 saturated carbocycles. The molecule has 2 N–H and O–H groups in total. The first-order valence-electron chi connectivity index (χ1n) is 8.95. The number of rotatable bonds is 10. The van der Waals surface area contributed by atoms with Gasteiger partial charge in [0, 0.05) is 21.5 Å². The number of carbonyl (C=O) groups is 2. The lowest BCUT2D eigenvalue weighted by Gasteiger charge is -2.27. The van der Waals surface area contributed by atoms with Gasteiger partial charge in [-0.2, -0.15) is 0 Å². The Morgan fingerprint density at radius 1 is 0.806 bits per heavy atom. The molecule has 0 spiro atoms. The highest BCUT2D eigenvalue weighted by Gasteiger charge is 2.17. The Morgan fingerprint density at radius 2 is 1.03 bits per heavy atom. The number of ether oxygens (including phenoxy) is 2. The van der Waals surface area contributed by atoms with Gasteiger partial charge in [0.1, 0.15) is 13.1 Å².